The minimum atomic E-state index is -0.910. The first kappa shape index (κ1) is 16.3. The van der Waals surface area contributed by atoms with Crippen LogP contribution in [0.5, 0.6) is 5.75 Å². The molecule has 7 nitrogen and oxygen atoms in total. The number of amides is 1. The van der Waals surface area contributed by atoms with Gasteiger partial charge in [0.05, 0.1) is 6.04 Å². The van der Waals surface area contributed by atoms with Gasteiger partial charge in [-0.3, -0.25) is 14.0 Å². The van der Waals surface area contributed by atoms with Crippen LogP contribution in [0.1, 0.15) is 27.5 Å². The number of nitrogens with zero attached hydrogens (tertiary/aromatic N) is 2. The van der Waals surface area contributed by atoms with Gasteiger partial charge in [0.2, 0.25) is 0 Å². The summed E-state index contributed by atoms with van der Waals surface area (Å²) in [5.41, 5.74) is 1.58. The predicted octanol–water partition coefficient (Wildman–Crippen LogP) is 1.23. The Labute approximate surface area is 148 Å². The molecular formula is C19H17N3O4. The number of benzene rings is 1. The summed E-state index contributed by atoms with van der Waals surface area (Å²) in [6.07, 6.45) is 1.95. The largest absolute Gasteiger partial charge is 0.490 e. The summed E-state index contributed by atoms with van der Waals surface area (Å²) < 4.78 is 6.80. The van der Waals surface area contributed by atoms with Crippen LogP contribution in [0.3, 0.4) is 0 Å². The number of pyridine rings is 1. The van der Waals surface area contributed by atoms with E-state index in [1.807, 2.05) is 13.0 Å². The van der Waals surface area contributed by atoms with Gasteiger partial charge in [0.25, 0.3) is 11.5 Å². The third kappa shape index (κ3) is 2.72. The number of aryl methyl sites for hydroxylation is 1. The van der Waals surface area contributed by atoms with E-state index in [0.29, 0.717) is 17.0 Å². The van der Waals surface area contributed by atoms with Gasteiger partial charge in [0.1, 0.15) is 29.7 Å². The van der Waals surface area contributed by atoms with Gasteiger partial charge < -0.3 is 15.2 Å². The van der Waals surface area contributed by atoms with Crippen LogP contribution in [0.4, 0.5) is 0 Å². The van der Waals surface area contributed by atoms with Gasteiger partial charge in [-0.2, -0.15) is 0 Å². The zero-order valence-electron chi connectivity index (χ0n) is 14.0. The maximum atomic E-state index is 12.7. The third-order valence-corrected chi connectivity index (χ3v) is 4.44. The molecule has 0 bridgehead atoms. The molecule has 0 saturated heterocycles. The molecule has 0 saturated carbocycles. The lowest BCUT2D eigenvalue weighted by Crippen LogP contribution is -2.43. The Hall–Kier alpha value is -3.19. The number of nitrogens with one attached hydrogen (secondary N) is 1. The van der Waals surface area contributed by atoms with E-state index in [0.717, 1.165) is 5.56 Å². The van der Waals surface area contributed by atoms with Crippen molar-refractivity contribution in [3.05, 3.63) is 75.8 Å². The monoisotopic (exact) mass is 351 g/mol. The van der Waals surface area contributed by atoms with Gasteiger partial charge in [-0.25, -0.2) is 4.98 Å². The summed E-state index contributed by atoms with van der Waals surface area (Å²) in [5.74, 6) is 0.0187. The number of hydrogen-bond donors (Lipinski definition) is 2. The highest BCUT2D eigenvalue weighted by atomic mass is 16.5. The zero-order valence-corrected chi connectivity index (χ0v) is 14.0. The second-order valence-corrected chi connectivity index (χ2v) is 6.28. The fourth-order valence-corrected chi connectivity index (χ4v) is 3.07. The number of aromatic nitrogens is 2. The van der Waals surface area contributed by atoms with Crippen molar-refractivity contribution in [2.75, 3.05) is 6.61 Å². The summed E-state index contributed by atoms with van der Waals surface area (Å²) in [6.45, 7) is 1.97. The topological polar surface area (TPSA) is 92.9 Å². The van der Waals surface area contributed by atoms with Crippen LogP contribution in [-0.2, 0) is 0 Å². The summed E-state index contributed by atoms with van der Waals surface area (Å²) in [6, 6.07) is 10.0. The molecule has 2 N–H and O–H groups in total. The maximum Gasteiger partial charge on any atom is 0.270 e. The lowest BCUT2D eigenvalue weighted by atomic mass is 9.98. The molecule has 1 aliphatic heterocycles. The highest BCUT2D eigenvalue weighted by molar-refractivity contribution is 5.94. The molecule has 4 rings (SSSR count). The Morgan fingerprint density at radius 1 is 1.35 bits per heavy atom. The molecule has 1 amide bonds. The molecule has 0 aliphatic carbocycles. The summed E-state index contributed by atoms with van der Waals surface area (Å²) in [7, 11) is 0. The van der Waals surface area contributed by atoms with Gasteiger partial charge in [-0.05, 0) is 30.7 Å². The molecule has 3 aromatic rings. The second kappa shape index (κ2) is 6.27. The fourth-order valence-electron chi connectivity index (χ4n) is 3.07. The highest BCUT2D eigenvalue weighted by Gasteiger charge is 2.31. The average molecular weight is 351 g/mol. The molecule has 0 fully saturated rings. The van der Waals surface area contributed by atoms with E-state index in [1.165, 1.54) is 10.6 Å². The average Bonchev–Trinajstić information content (AvgIpc) is 2.64. The Kier molecular flexibility index (Phi) is 3.93. The van der Waals surface area contributed by atoms with Gasteiger partial charge in [0, 0.05) is 18.0 Å². The van der Waals surface area contributed by atoms with Crippen LogP contribution in [-0.4, -0.2) is 33.1 Å². The van der Waals surface area contributed by atoms with E-state index >= 15 is 0 Å². The van der Waals surface area contributed by atoms with E-state index in [4.69, 9.17) is 4.74 Å². The molecule has 2 atom stereocenters. The van der Waals surface area contributed by atoms with Gasteiger partial charge in [-0.1, -0.05) is 18.2 Å². The molecule has 132 valence electrons. The van der Waals surface area contributed by atoms with Crippen molar-refractivity contribution in [1.82, 2.24) is 14.7 Å². The number of carbonyl (C=O) groups is 1. The number of carbonyl (C=O) groups excluding carboxylic acids is 1. The van der Waals surface area contributed by atoms with E-state index in [-0.39, 0.29) is 12.2 Å². The first-order valence-corrected chi connectivity index (χ1v) is 8.23. The first-order chi connectivity index (χ1) is 12.5. The molecule has 0 unspecified atom stereocenters. The van der Waals surface area contributed by atoms with Crippen LogP contribution < -0.4 is 15.6 Å². The van der Waals surface area contributed by atoms with Crippen molar-refractivity contribution in [3.8, 4) is 5.75 Å². The smallest absolute Gasteiger partial charge is 0.270 e. The predicted molar refractivity (Wildman–Crippen MR) is 94.4 cm³/mol. The zero-order chi connectivity index (χ0) is 18.3. The van der Waals surface area contributed by atoms with Crippen molar-refractivity contribution in [2.45, 2.75) is 19.1 Å². The molecule has 1 aromatic carbocycles. The van der Waals surface area contributed by atoms with E-state index < -0.39 is 23.6 Å². The molecule has 7 heteroatoms. The van der Waals surface area contributed by atoms with Gasteiger partial charge in [-0.15, -0.1) is 0 Å². The summed E-state index contributed by atoms with van der Waals surface area (Å²) >= 11 is 0. The van der Waals surface area contributed by atoms with E-state index in [9.17, 15) is 14.7 Å². The number of aliphatic hydroxyl groups excluding tert-OH is 1. The second-order valence-electron chi connectivity index (χ2n) is 6.28. The molecule has 2 aromatic heterocycles. The lowest BCUT2D eigenvalue weighted by molar-refractivity contribution is 0.0501. The minimum Gasteiger partial charge on any atom is -0.490 e. The van der Waals surface area contributed by atoms with Crippen LogP contribution in [0.25, 0.3) is 5.65 Å². The number of ether oxygens (including phenoxy) is 1. The number of rotatable bonds is 2. The lowest BCUT2D eigenvalue weighted by Gasteiger charge is -2.30. The van der Waals surface area contributed by atoms with Crippen LogP contribution >= 0.6 is 0 Å². The van der Waals surface area contributed by atoms with Crippen molar-refractivity contribution in [1.29, 1.82) is 0 Å². The highest BCUT2D eigenvalue weighted by Crippen LogP contribution is 2.31. The van der Waals surface area contributed by atoms with Gasteiger partial charge >= 0.3 is 0 Å². The molecule has 3 heterocycles. The number of para-hydroxylation sites is 1. The minimum absolute atomic E-state index is 0.0657. The van der Waals surface area contributed by atoms with Crippen LogP contribution in [0, 0.1) is 6.92 Å². The normalized spacial score (nSPS) is 18.8. The third-order valence-electron chi connectivity index (χ3n) is 4.44. The van der Waals surface area contributed by atoms with Crippen molar-refractivity contribution in [3.63, 3.8) is 0 Å². The Morgan fingerprint density at radius 2 is 2.15 bits per heavy atom. The molecule has 1 aliphatic rings. The van der Waals surface area contributed by atoms with Crippen LogP contribution in [0.15, 0.2) is 53.6 Å². The Bertz CT molecular complexity index is 1060. The Morgan fingerprint density at radius 3 is 3.00 bits per heavy atom. The quantitative estimate of drug-likeness (QED) is 0.724. The Balaban J connectivity index is 1.69. The number of fused-ring (bicyclic) bond motifs is 2. The van der Waals surface area contributed by atoms with E-state index in [2.05, 4.69) is 10.3 Å². The fraction of sp³-hybridized carbons (Fsp3) is 0.211. The summed E-state index contributed by atoms with van der Waals surface area (Å²) in [4.78, 5) is 29.5. The maximum absolute atomic E-state index is 12.7. The summed E-state index contributed by atoms with van der Waals surface area (Å²) in [5, 5.41) is 13.0. The van der Waals surface area contributed by atoms with Crippen molar-refractivity contribution < 1.29 is 14.6 Å². The first-order valence-electron chi connectivity index (χ1n) is 8.23. The van der Waals surface area contributed by atoms with Crippen molar-refractivity contribution in [2.24, 2.45) is 0 Å². The SMILES string of the molecule is Cc1ccn2c(=O)c(C(=O)N[C@H]3c4ccccc4OC[C@H]3O)cnc2c1. The molecule has 0 spiro atoms. The number of hydrogen-bond acceptors (Lipinski definition) is 5. The standard InChI is InChI=1S/C19H17N3O4/c1-11-6-7-22-16(8-11)20-9-13(19(22)25)18(24)21-17-12-4-2-3-5-15(12)26-10-14(17)23/h2-9,14,17,23H,10H2,1H3,(H,21,24)/t14-,17+/m1/s1. The molecule has 26 heavy (non-hydrogen) atoms. The van der Waals surface area contributed by atoms with E-state index in [1.54, 1.807) is 36.5 Å². The molecular weight excluding hydrogens is 334 g/mol. The van der Waals surface area contributed by atoms with Crippen LogP contribution in [0.2, 0.25) is 0 Å². The van der Waals surface area contributed by atoms with Crippen molar-refractivity contribution >= 4 is 11.6 Å². The molecule has 0 radical (unpaired) electrons. The number of aliphatic hydroxyl groups is 1. The van der Waals surface area contributed by atoms with Gasteiger partial charge in [0.15, 0.2) is 0 Å².